The smallest absolute Gasteiger partial charge is 0.189 e. The van der Waals surface area contributed by atoms with Gasteiger partial charge in [0.25, 0.3) is 0 Å². The van der Waals surface area contributed by atoms with Crippen LogP contribution in [0.15, 0.2) is 53.7 Å². The maximum Gasteiger partial charge on any atom is 0.189 e. The number of rotatable bonds is 6. The van der Waals surface area contributed by atoms with Gasteiger partial charge in [0, 0.05) is 18.5 Å². The summed E-state index contributed by atoms with van der Waals surface area (Å²) in [5.74, 6) is 1.45. The van der Waals surface area contributed by atoms with Gasteiger partial charge in [-0.05, 0) is 29.4 Å². The molecule has 0 saturated carbocycles. The molecule has 0 spiro atoms. The van der Waals surface area contributed by atoms with E-state index < -0.39 is 0 Å². The van der Waals surface area contributed by atoms with Crippen LogP contribution in [0, 0.1) is 11.3 Å². The standard InChI is InChI=1S/C25H26N6S/c1-25(2,3)17-11-9-16(10-12-17)22-18(15-26)23(31-24(30-22)32-4)27-14-13-21-28-19-7-5-6-8-20(19)29-21/h5-12H,13-14H2,1-4H3,(H,28,29)(H,27,30,31). The van der Waals surface area contributed by atoms with E-state index in [9.17, 15) is 5.26 Å². The molecule has 4 aromatic rings. The van der Waals surface area contributed by atoms with E-state index in [4.69, 9.17) is 0 Å². The SMILES string of the molecule is CSc1nc(NCCc2nc3ccccc3[nH]2)c(C#N)c(-c2ccc(C(C)(C)C)cc2)n1. The fourth-order valence-electron chi connectivity index (χ4n) is 3.53. The molecule has 7 heteroatoms. The minimum atomic E-state index is 0.0655. The van der Waals surface area contributed by atoms with Crippen LogP contribution in [0.1, 0.15) is 37.7 Å². The number of aromatic nitrogens is 4. The predicted molar refractivity (Wildman–Crippen MR) is 131 cm³/mol. The number of fused-ring (bicyclic) bond motifs is 1. The summed E-state index contributed by atoms with van der Waals surface area (Å²) in [6, 6.07) is 18.6. The Morgan fingerprint density at radius 1 is 1.03 bits per heavy atom. The number of para-hydroxylation sites is 2. The Labute approximate surface area is 192 Å². The van der Waals surface area contributed by atoms with Crippen LogP contribution < -0.4 is 5.32 Å². The van der Waals surface area contributed by atoms with Crippen LogP contribution in [-0.4, -0.2) is 32.7 Å². The van der Waals surface area contributed by atoms with Crippen molar-refractivity contribution in [3.8, 4) is 17.3 Å². The lowest BCUT2D eigenvalue weighted by Gasteiger charge is -2.19. The van der Waals surface area contributed by atoms with Gasteiger partial charge in [0.05, 0.1) is 16.7 Å². The Kier molecular flexibility index (Phi) is 6.15. The number of hydrogen-bond donors (Lipinski definition) is 2. The molecule has 4 rings (SSSR count). The number of nitrogens with one attached hydrogen (secondary N) is 2. The molecule has 32 heavy (non-hydrogen) atoms. The highest BCUT2D eigenvalue weighted by Crippen LogP contribution is 2.30. The van der Waals surface area contributed by atoms with Gasteiger partial charge >= 0.3 is 0 Å². The molecule has 2 N–H and O–H groups in total. The van der Waals surface area contributed by atoms with Crippen LogP contribution in [0.5, 0.6) is 0 Å². The van der Waals surface area contributed by atoms with E-state index in [0.717, 1.165) is 22.4 Å². The topological polar surface area (TPSA) is 90.3 Å². The fourth-order valence-corrected chi connectivity index (χ4v) is 3.89. The number of imidazole rings is 1. The van der Waals surface area contributed by atoms with Crippen LogP contribution in [0.25, 0.3) is 22.3 Å². The number of benzene rings is 2. The van der Waals surface area contributed by atoms with Crippen molar-refractivity contribution >= 4 is 28.6 Å². The van der Waals surface area contributed by atoms with Gasteiger partial charge in [-0.2, -0.15) is 5.26 Å². The van der Waals surface area contributed by atoms with Gasteiger partial charge in [0.1, 0.15) is 23.3 Å². The lowest BCUT2D eigenvalue weighted by atomic mass is 9.86. The van der Waals surface area contributed by atoms with Crippen molar-refractivity contribution in [3.05, 3.63) is 65.5 Å². The first-order valence-electron chi connectivity index (χ1n) is 10.5. The van der Waals surface area contributed by atoms with E-state index in [-0.39, 0.29) is 5.41 Å². The lowest BCUT2D eigenvalue weighted by molar-refractivity contribution is 0.590. The van der Waals surface area contributed by atoms with E-state index in [0.29, 0.717) is 35.2 Å². The molecule has 0 aliphatic heterocycles. The number of nitrogens with zero attached hydrogens (tertiary/aromatic N) is 4. The van der Waals surface area contributed by atoms with E-state index >= 15 is 0 Å². The third-order valence-electron chi connectivity index (χ3n) is 5.30. The van der Waals surface area contributed by atoms with Crippen molar-refractivity contribution in [2.24, 2.45) is 0 Å². The van der Waals surface area contributed by atoms with Crippen LogP contribution in [0.2, 0.25) is 0 Å². The zero-order valence-corrected chi connectivity index (χ0v) is 19.5. The first-order valence-corrected chi connectivity index (χ1v) is 11.8. The largest absolute Gasteiger partial charge is 0.368 e. The van der Waals surface area contributed by atoms with Crippen molar-refractivity contribution in [3.63, 3.8) is 0 Å². The van der Waals surface area contributed by atoms with Crippen LogP contribution in [0.4, 0.5) is 5.82 Å². The summed E-state index contributed by atoms with van der Waals surface area (Å²) in [5.41, 5.74) is 5.29. The molecular formula is C25H26N6S. The highest BCUT2D eigenvalue weighted by molar-refractivity contribution is 7.98. The second-order valence-corrected chi connectivity index (χ2v) is 9.37. The van der Waals surface area contributed by atoms with Crippen molar-refractivity contribution in [1.82, 2.24) is 19.9 Å². The summed E-state index contributed by atoms with van der Waals surface area (Å²) in [6.45, 7) is 7.15. The van der Waals surface area contributed by atoms with E-state index in [1.165, 1.54) is 17.3 Å². The van der Waals surface area contributed by atoms with E-state index in [1.54, 1.807) is 0 Å². The van der Waals surface area contributed by atoms with Gasteiger partial charge in [-0.1, -0.05) is 68.9 Å². The molecule has 0 saturated heterocycles. The lowest BCUT2D eigenvalue weighted by Crippen LogP contribution is -2.11. The van der Waals surface area contributed by atoms with Crippen molar-refractivity contribution in [2.45, 2.75) is 37.8 Å². The van der Waals surface area contributed by atoms with Gasteiger partial charge < -0.3 is 10.3 Å². The Hall–Kier alpha value is -3.37. The van der Waals surface area contributed by atoms with Gasteiger partial charge in [-0.15, -0.1) is 0 Å². The van der Waals surface area contributed by atoms with Crippen LogP contribution >= 0.6 is 11.8 Å². The highest BCUT2D eigenvalue weighted by Gasteiger charge is 2.18. The summed E-state index contributed by atoms with van der Waals surface area (Å²) >= 11 is 1.46. The molecule has 0 amide bonds. The Balaban J connectivity index is 1.60. The summed E-state index contributed by atoms with van der Waals surface area (Å²) in [7, 11) is 0. The highest BCUT2D eigenvalue weighted by atomic mass is 32.2. The molecule has 0 atom stereocenters. The number of aromatic amines is 1. The second kappa shape index (κ2) is 9.01. The molecule has 0 fully saturated rings. The summed E-state index contributed by atoms with van der Waals surface area (Å²) in [6.07, 6.45) is 2.62. The third kappa shape index (κ3) is 4.61. The maximum absolute atomic E-state index is 9.92. The maximum atomic E-state index is 9.92. The first kappa shape index (κ1) is 21.8. The Bertz CT molecular complexity index is 1250. The Morgan fingerprint density at radius 2 is 1.78 bits per heavy atom. The fraction of sp³-hybridized carbons (Fsp3) is 0.280. The molecule has 2 aromatic heterocycles. The molecule has 2 heterocycles. The summed E-state index contributed by atoms with van der Waals surface area (Å²) in [4.78, 5) is 17.2. The number of anilines is 1. The van der Waals surface area contributed by atoms with Crippen molar-refractivity contribution < 1.29 is 0 Å². The molecule has 0 aliphatic carbocycles. The summed E-state index contributed by atoms with van der Waals surface area (Å²) in [5, 5.41) is 13.9. The van der Waals surface area contributed by atoms with Crippen LogP contribution in [0.3, 0.4) is 0 Å². The number of H-pyrrole nitrogens is 1. The monoisotopic (exact) mass is 442 g/mol. The van der Waals surface area contributed by atoms with Crippen LogP contribution in [-0.2, 0) is 11.8 Å². The zero-order chi connectivity index (χ0) is 22.7. The molecular weight excluding hydrogens is 416 g/mol. The van der Waals surface area contributed by atoms with Crippen molar-refractivity contribution in [2.75, 3.05) is 18.1 Å². The average molecular weight is 443 g/mol. The number of thioether (sulfide) groups is 1. The van der Waals surface area contributed by atoms with Gasteiger partial charge in [-0.3, -0.25) is 0 Å². The van der Waals surface area contributed by atoms with E-state index in [2.05, 4.69) is 64.2 Å². The van der Waals surface area contributed by atoms with Gasteiger partial charge in [0.15, 0.2) is 5.16 Å². The quantitative estimate of drug-likeness (QED) is 0.300. The van der Waals surface area contributed by atoms with Gasteiger partial charge in [0.2, 0.25) is 0 Å². The number of nitriles is 1. The first-order chi connectivity index (χ1) is 15.4. The molecule has 0 radical (unpaired) electrons. The molecule has 6 nitrogen and oxygen atoms in total. The molecule has 162 valence electrons. The van der Waals surface area contributed by atoms with Gasteiger partial charge in [-0.25, -0.2) is 15.0 Å². The number of hydrogen-bond acceptors (Lipinski definition) is 6. The van der Waals surface area contributed by atoms with Crippen molar-refractivity contribution in [1.29, 1.82) is 5.26 Å². The Morgan fingerprint density at radius 3 is 2.44 bits per heavy atom. The second-order valence-electron chi connectivity index (χ2n) is 8.60. The minimum absolute atomic E-state index is 0.0655. The average Bonchev–Trinajstić information content (AvgIpc) is 3.21. The molecule has 0 unspecified atom stereocenters. The molecule has 0 bridgehead atoms. The zero-order valence-electron chi connectivity index (χ0n) is 18.7. The normalized spacial score (nSPS) is 11.5. The summed E-state index contributed by atoms with van der Waals surface area (Å²) < 4.78 is 0. The molecule has 0 aliphatic rings. The minimum Gasteiger partial charge on any atom is -0.368 e. The third-order valence-corrected chi connectivity index (χ3v) is 5.85. The predicted octanol–water partition coefficient (Wildman–Crippen LogP) is 5.57. The molecule has 2 aromatic carbocycles. The van der Waals surface area contributed by atoms with E-state index in [1.807, 2.05) is 42.7 Å².